The number of nitrogens with zero attached hydrogens (tertiary/aromatic N) is 1. The fraction of sp³-hybridized carbons (Fsp3) is 0.333. The smallest absolute Gasteiger partial charge is 0.238 e. The molecule has 136 valence electrons. The van der Waals surface area contributed by atoms with Crippen LogP contribution in [0, 0.1) is 12.8 Å². The fourth-order valence-electron chi connectivity index (χ4n) is 3.24. The minimum absolute atomic E-state index is 0.0179. The Balaban J connectivity index is 1.47. The van der Waals surface area contributed by atoms with Crippen LogP contribution < -0.4 is 5.32 Å². The Kier molecular flexibility index (Phi) is 6.22. The molecule has 1 fully saturated rings. The number of carbonyl (C=O) groups is 2. The lowest BCUT2D eigenvalue weighted by atomic mass is 9.88. The number of aryl methyl sites for hydroxylation is 1. The van der Waals surface area contributed by atoms with E-state index in [0.717, 1.165) is 47.2 Å². The van der Waals surface area contributed by atoms with Crippen molar-refractivity contribution in [2.75, 3.05) is 25.0 Å². The van der Waals surface area contributed by atoms with Crippen molar-refractivity contribution >= 4 is 33.3 Å². The van der Waals surface area contributed by atoms with Crippen molar-refractivity contribution < 1.29 is 9.59 Å². The summed E-state index contributed by atoms with van der Waals surface area (Å²) in [6.07, 6.45) is 1.61. The van der Waals surface area contributed by atoms with Gasteiger partial charge in [0.25, 0.3) is 0 Å². The van der Waals surface area contributed by atoms with Crippen LogP contribution in [-0.2, 0) is 4.79 Å². The van der Waals surface area contributed by atoms with E-state index in [1.165, 1.54) is 0 Å². The maximum atomic E-state index is 12.6. The van der Waals surface area contributed by atoms with Crippen LogP contribution in [0.2, 0.25) is 0 Å². The number of nitrogens with one attached hydrogen (secondary N) is 1. The summed E-state index contributed by atoms with van der Waals surface area (Å²) < 4.78 is 0.982. The molecule has 3 rings (SSSR count). The first-order valence-electron chi connectivity index (χ1n) is 8.90. The zero-order valence-corrected chi connectivity index (χ0v) is 16.5. The highest BCUT2D eigenvalue weighted by atomic mass is 79.9. The fourth-order valence-corrected chi connectivity index (χ4v) is 3.51. The molecule has 1 aliphatic rings. The molecule has 0 saturated carbocycles. The van der Waals surface area contributed by atoms with Gasteiger partial charge < -0.3 is 5.32 Å². The summed E-state index contributed by atoms with van der Waals surface area (Å²) in [5.74, 6) is 0.267. The van der Waals surface area contributed by atoms with Gasteiger partial charge in [0.15, 0.2) is 5.78 Å². The van der Waals surface area contributed by atoms with Crippen LogP contribution in [0.3, 0.4) is 0 Å². The van der Waals surface area contributed by atoms with Gasteiger partial charge in [-0.2, -0.15) is 0 Å². The molecule has 0 aliphatic carbocycles. The standard InChI is InChI=1S/C21H23BrN2O2/c1-15-2-4-16(5-3-15)21(26)17-10-12-24(13-11-17)14-20(25)23-19-8-6-18(22)7-9-19/h2-9,17H,10-14H2,1H3,(H,23,25). The maximum Gasteiger partial charge on any atom is 0.238 e. The number of rotatable bonds is 5. The number of benzene rings is 2. The molecule has 1 heterocycles. The van der Waals surface area contributed by atoms with Crippen molar-refractivity contribution in [3.05, 3.63) is 64.1 Å². The largest absolute Gasteiger partial charge is 0.325 e. The molecule has 0 atom stereocenters. The van der Waals surface area contributed by atoms with Crippen molar-refractivity contribution in [3.63, 3.8) is 0 Å². The number of likely N-dealkylation sites (tertiary alicyclic amines) is 1. The highest BCUT2D eigenvalue weighted by molar-refractivity contribution is 9.10. The van der Waals surface area contributed by atoms with Crippen LogP contribution in [0.4, 0.5) is 5.69 Å². The Labute approximate surface area is 162 Å². The quantitative estimate of drug-likeness (QED) is 0.742. The molecule has 26 heavy (non-hydrogen) atoms. The first-order chi connectivity index (χ1) is 12.5. The molecule has 2 aromatic rings. The Bertz CT molecular complexity index is 764. The zero-order chi connectivity index (χ0) is 18.5. The summed E-state index contributed by atoms with van der Waals surface area (Å²) in [5, 5.41) is 2.91. The van der Waals surface area contributed by atoms with Gasteiger partial charge in [-0.25, -0.2) is 0 Å². The second-order valence-corrected chi connectivity index (χ2v) is 7.75. The Morgan fingerprint density at radius 3 is 2.27 bits per heavy atom. The third kappa shape index (κ3) is 5.02. The lowest BCUT2D eigenvalue weighted by Crippen LogP contribution is -2.40. The Morgan fingerprint density at radius 2 is 1.65 bits per heavy atom. The van der Waals surface area contributed by atoms with Crippen LogP contribution in [0.15, 0.2) is 53.0 Å². The number of hydrogen-bond acceptors (Lipinski definition) is 3. The molecule has 0 aromatic heterocycles. The molecule has 1 saturated heterocycles. The van der Waals surface area contributed by atoms with Crippen LogP contribution in [0.1, 0.15) is 28.8 Å². The number of ketones is 1. The first kappa shape index (κ1) is 18.8. The normalized spacial score (nSPS) is 15.6. The third-order valence-electron chi connectivity index (χ3n) is 4.79. The second-order valence-electron chi connectivity index (χ2n) is 6.84. The van der Waals surface area contributed by atoms with E-state index in [0.29, 0.717) is 6.54 Å². The van der Waals surface area contributed by atoms with Crippen molar-refractivity contribution in [2.45, 2.75) is 19.8 Å². The first-order valence-corrected chi connectivity index (χ1v) is 9.69. The van der Waals surface area contributed by atoms with Crippen LogP contribution in [0.25, 0.3) is 0 Å². The molecule has 0 spiro atoms. The summed E-state index contributed by atoms with van der Waals surface area (Å²) in [5.41, 5.74) is 2.75. The van der Waals surface area contributed by atoms with Gasteiger partial charge in [-0.1, -0.05) is 45.8 Å². The topological polar surface area (TPSA) is 49.4 Å². The van der Waals surface area contributed by atoms with E-state index in [2.05, 4.69) is 26.1 Å². The Morgan fingerprint density at radius 1 is 1.04 bits per heavy atom. The van der Waals surface area contributed by atoms with Gasteiger partial charge in [0.05, 0.1) is 6.54 Å². The molecular formula is C21H23BrN2O2. The summed E-state index contributed by atoms with van der Waals surface area (Å²) in [6.45, 7) is 3.93. The maximum absolute atomic E-state index is 12.6. The van der Waals surface area contributed by atoms with E-state index < -0.39 is 0 Å². The summed E-state index contributed by atoms with van der Waals surface area (Å²) in [7, 11) is 0. The Hall–Kier alpha value is -1.98. The van der Waals surface area contributed by atoms with Crippen LogP contribution >= 0.6 is 15.9 Å². The predicted octanol–water partition coefficient (Wildman–Crippen LogP) is 4.29. The molecule has 5 heteroatoms. The minimum Gasteiger partial charge on any atom is -0.325 e. The van der Waals surface area contributed by atoms with Crippen molar-refractivity contribution in [2.24, 2.45) is 5.92 Å². The molecular weight excluding hydrogens is 392 g/mol. The second kappa shape index (κ2) is 8.60. The summed E-state index contributed by atoms with van der Waals surface area (Å²) >= 11 is 3.38. The van der Waals surface area contributed by atoms with Gasteiger partial charge in [-0.15, -0.1) is 0 Å². The summed E-state index contributed by atoms with van der Waals surface area (Å²) in [6, 6.07) is 15.3. The third-order valence-corrected chi connectivity index (χ3v) is 5.32. The molecule has 1 aliphatic heterocycles. The van der Waals surface area contributed by atoms with Crippen LogP contribution in [-0.4, -0.2) is 36.2 Å². The average Bonchev–Trinajstić information content (AvgIpc) is 2.64. The van der Waals surface area contributed by atoms with E-state index in [1.807, 2.05) is 55.5 Å². The molecule has 1 amide bonds. The van der Waals surface area contributed by atoms with Gasteiger partial charge in [0.2, 0.25) is 5.91 Å². The molecule has 0 unspecified atom stereocenters. The monoisotopic (exact) mass is 414 g/mol. The van der Waals surface area contributed by atoms with E-state index in [9.17, 15) is 9.59 Å². The van der Waals surface area contributed by atoms with Crippen LogP contribution in [0.5, 0.6) is 0 Å². The van der Waals surface area contributed by atoms with E-state index in [1.54, 1.807) is 0 Å². The minimum atomic E-state index is -0.0179. The van der Waals surface area contributed by atoms with E-state index in [-0.39, 0.29) is 17.6 Å². The highest BCUT2D eigenvalue weighted by Crippen LogP contribution is 2.22. The van der Waals surface area contributed by atoms with Crippen molar-refractivity contribution in [1.82, 2.24) is 4.90 Å². The van der Waals surface area contributed by atoms with Crippen molar-refractivity contribution in [1.29, 1.82) is 0 Å². The lowest BCUT2D eigenvalue weighted by Gasteiger charge is -2.30. The number of amides is 1. The zero-order valence-electron chi connectivity index (χ0n) is 14.9. The highest BCUT2D eigenvalue weighted by Gasteiger charge is 2.26. The molecule has 0 radical (unpaired) electrons. The van der Waals surface area contributed by atoms with E-state index in [4.69, 9.17) is 0 Å². The molecule has 0 bridgehead atoms. The van der Waals surface area contributed by atoms with Gasteiger partial charge in [0, 0.05) is 21.6 Å². The number of hydrogen-bond donors (Lipinski definition) is 1. The number of piperidine rings is 1. The van der Waals surface area contributed by atoms with Gasteiger partial charge >= 0.3 is 0 Å². The van der Waals surface area contributed by atoms with Gasteiger partial charge in [-0.05, 0) is 57.1 Å². The lowest BCUT2D eigenvalue weighted by molar-refractivity contribution is -0.117. The van der Waals surface area contributed by atoms with Gasteiger partial charge in [-0.3, -0.25) is 14.5 Å². The average molecular weight is 415 g/mol. The number of halogens is 1. The molecule has 1 N–H and O–H groups in total. The molecule has 2 aromatic carbocycles. The van der Waals surface area contributed by atoms with E-state index >= 15 is 0 Å². The van der Waals surface area contributed by atoms with Gasteiger partial charge in [0.1, 0.15) is 0 Å². The SMILES string of the molecule is Cc1ccc(C(=O)C2CCN(CC(=O)Nc3ccc(Br)cc3)CC2)cc1. The predicted molar refractivity (Wildman–Crippen MR) is 107 cm³/mol. The molecule has 4 nitrogen and oxygen atoms in total. The number of anilines is 1. The summed E-state index contributed by atoms with van der Waals surface area (Å²) in [4.78, 5) is 26.9. The number of carbonyl (C=O) groups excluding carboxylic acids is 2. The number of Topliss-reactive ketones (excluding diaryl/α,β-unsaturated/α-hetero) is 1. The van der Waals surface area contributed by atoms with Crippen molar-refractivity contribution in [3.8, 4) is 0 Å².